The van der Waals surface area contributed by atoms with Gasteiger partial charge in [-0.1, -0.05) is 49.7 Å². The van der Waals surface area contributed by atoms with E-state index in [9.17, 15) is 4.79 Å². The maximum atomic E-state index is 12.7. The van der Waals surface area contributed by atoms with Gasteiger partial charge in [-0.2, -0.15) is 0 Å². The Morgan fingerprint density at radius 2 is 1.57 bits per heavy atom. The van der Waals surface area contributed by atoms with Crippen molar-refractivity contribution in [1.82, 2.24) is 10.2 Å². The molecule has 2 amide bonds. The van der Waals surface area contributed by atoms with Crippen LogP contribution in [0, 0.1) is 10.8 Å². The minimum atomic E-state index is -0.157. The molecule has 0 spiro atoms. The molecule has 0 heterocycles. The van der Waals surface area contributed by atoms with E-state index in [1.54, 1.807) is 23.1 Å². The van der Waals surface area contributed by atoms with Crippen LogP contribution in [0.2, 0.25) is 0 Å². The molecule has 148 valence electrons. The Kier molecular flexibility index (Phi) is 7.56. The Morgan fingerprint density at radius 1 is 1.00 bits per heavy atom. The van der Waals surface area contributed by atoms with E-state index in [1.807, 2.05) is 30.3 Å². The van der Waals surface area contributed by atoms with Crippen molar-refractivity contribution in [2.45, 2.75) is 32.9 Å². The van der Waals surface area contributed by atoms with Gasteiger partial charge in [0.1, 0.15) is 11.7 Å². The van der Waals surface area contributed by atoms with Crippen LogP contribution in [0.5, 0.6) is 0 Å². The quantitative estimate of drug-likeness (QED) is 0.338. The number of nitrogen functional groups attached to an aromatic ring is 2. The second kappa shape index (κ2) is 10.1. The van der Waals surface area contributed by atoms with E-state index < -0.39 is 0 Å². The predicted octanol–water partition coefficient (Wildman–Crippen LogP) is 2.77. The molecule has 0 aliphatic heterocycles. The molecule has 0 bridgehead atoms. The third-order valence-corrected chi connectivity index (χ3v) is 4.36. The summed E-state index contributed by atoms with van der Waals surface area (Å²) in [6, 6.07) is 14.5. The zero-order valence-electron chi connectivity index (χ0n) is 16.2. The fourth-order valence-corrected chi connectivity index (χ4v) is 2.80. The van der Waals surface area contributed by atoms with E-state index >= 15 is 0 Å². The van der Waals surface area contributed by atoms with Gasteiger partial charge < -0.3 is 21.7 Å². The number of unbranched alkanes of at least 4 members (excludes halogenated alkanes) is 1. The molecule has 0 unspecified atom stereocenters. The first-order valence-corrected chi connectivity index (χ1v) is 9.30. The Balaban J connectivity index is 2.06. The van der Waals surface area contributed by atoms with Crippen LogP contribution in [0.25, 0.3) is 0 Å². The third kappa shape index (κ3) is 6.12. The number of nitrogens with zero attached hydrogens (tertiary/aromatic N) is 1. The van der Waals surface area contributed by atoms with E-state index in [1.165, 1.54) is 0 Å². The number of carbonyl (C=O) groups is 1. The molecule has 7 heteroatoms. The van der Waals surface area contributed by atoms with Crippen molar-refractivity contribution in [3.05, 3.63) is 70.8 Å². The summed E-state index contributed by atoms with van der Waals surface area (Å²) in [5.74, 6) is 0.0138. The van der Waals surface area contributed by atoms with E-state index in [2.05, 4.69) is 12.2 Å². The summed E-state index contributed by atoms with van der Waals surface area (Å²) in [6.45, 7) is 3.52. The number of nitrogens with one attached hydrogen (secondary N) is 3. The van der Waals surface area contributed by atoms with Crippen LogP contribution in [0.3, 0.4) is 0 Å². The zero-order valence-corrected chi connectivity index (χ0v) is 16.2. The Hall–Kier alpha value is -3.35. The SMILES string of the molecule is CCCCN(Cc1cccc(C(=N)N)c1)C(=O)NCc1cccc(C(=N)N)c1. The van der Waals surface area contributed by atoms with Crippen molar-refractivity contribution in [2.24, 2.45) is 11.5 Å². The van der Waals surface area contributed by atoms with E-state index in [4.69, 9.17) is 22.3 Å². The number of hydrogen-bond donors (Lipinski definition) is 5. The largest absolute Gasteiger partial charge is 0.384 e. The lowest BCUT2D eigenvalue weighted by Crippen LogP contribution is -2.39. The van der Waals surface area contributed by atoms with Crippen molar-refractivity contribution < 1.29 is 4.79 Å². The lowest BCUT2D eigenvalue weighted by molar-refractivity contribution is 0.193. The monoisotopic (exact) mass is 380 g/mol. The predicted molar refractivity (Wildman–Crippen MR) is 112 cm³/mol. The molecule has 0 saturated heterocycles. The van der Waals surface area contributed by atoms with Gasteiger partial charge in [-0.25, -0.2) is 4.79 Å². The maximum absolute atomic E-state index is 12.7. The number of rotatable bonds is 9. The summed E-state index contributed by atoms with van der Waals surface area (Å²) in [6.07, 6.45) is 1.89. The summed E-state index contributed by atoms with van der Waals surface area (Å²) in [5, 5.41) is 18.0. The number of benzene rings is 2. The second-order valence-corrected chi connectivity index (χ2v) is 6.66. The zero-order chi connectivity index (χ0) is 20.5. The molecule has 0 aliphatic carbocycles. The van der Waals surface area contributed by atoms with Crippen LogP contribution < -0.4 is 16.8 Å². The standard InChI is InChI=1S/C21H28N6O/c1-2-3-10-27(14-16-7-5-9-18(12-16)20(24)25)21(28)26-13-15-6-4-8-17(11-15)19(22)23/h4-9,11-12H,2-3,10,13-14H2,1H3,(H3,22,23)(H3,24,25)(H,26,28). The number of hydrogen-bond acceptors (Lipinski definition) is 3. The minimum Gasteiger partial charge on any atom is -0.384 e. The molecule has 0 radical (unpaired) electrons. The summed E-state index contributed by atoms with van der Waals surface area (Å²) in [4.78, 5) is 14.5. The van der Waals surface area contributed by atoms with Crippen LogP contribution >= 0.6 is 0 Å². The second-order valence-electron chi connectivity index (χ2n) is 6.66. The van der Waals surface area contributed by atoms with Gasteiger partial charge in [0.05, 0.1) is 0 Å². The summed E-state index contributed by atoms with van der Waals surface area (Å²) < 4.78 is 0. The molecule has 0 aliphatic rings. The molecular weight excluding hydrogens is 352 g/mol. The molecule has 0 aromatic heterocycles. The average Bonchev–Trinajstić information content (AvgIpc) is 2.69. The van der Waals surface area contributed by atoms with E-state index in [0.717, 1.165) is 24.0 Å². The molecule has 2 aromatic rings. The normalized spacial score (nSPS) is 10.3. The van der Waals surface area contributed by atoms with Gasteiger partial charge in [0.15, 0.2) is 0 Å². The Bertz CT molecular complexity index is 848. The molecule has 7 N–H and O–H groups in total. The highest BCUT2D eigenvalue weighted by Gasteiger charge is 2.14. The first-order valence-electron chi connectivity index (χ1n) is 9.30. The maximum Gasteiger partial charge on any atom is 0.317 e. The van der Waals surface area contributed by atoms with Crippen LogP contribution in [0.15, 0.2) is 48.5 Å². The highest BCUT2D eigenvalue weighted by molar-refractivity contribution is 5.95. The van der Waals surface area contributed by atoms with Crippen molar-refractivity contribution in [1.29, 1.82) is 10.8 Å². The summed E-state index contributed by atoms with van der Waals surface area (Å²) >= 11 is 0. The van der Waals surface area contributed by atoms with Gasteiger partial charge in [0.25, 0.3) is 0 Å². The van der Waals surface area contributed by atoms with E-state index in [0.29, 0.717) is 30.8 Å². The smallest absolute Gasteiger partial charge is 0.317 e. The van der Waals surface area contributed by atoms with Gasteiger partial charge in [0.2, 0.25) is 0 Å². The Morgan fingerprint density at radius 3 is 2.14 bits per heavy atom. The molecule has 0 saturated carbocycles. The minimum absolute atomic E-state index is 0.00287. The van der Waals surface area contributed by atoms with E-state index in [-0.39, 0.29) is 17.7 Å². The number of nitrogens with two attached hydrogens (primary N) is 2. The number of carbonyl (C=O) groups excluding carboxylic acids is 1. The molecular formula is C21H28N6O. The third-order valence-electron chi connectivity index (χ3n) is 4.36. The highest BCUT2D eigenvalue weighted by Crippen LogP contribution is 2.10. The highest BCUT2D eigenvalue weighted by atomic mass is 16.2. The lowest BCUT2D eigenvalue weighted by Gasteiger charge is -2.23. The van der Waals surface area contributed by atoms with Crippen molar-refractivity contribution in [3.8, 4) is 0 Å². The van der Waals surface area contributed by atoms with Crippen molar-refractivity contribution >= 4 is 17.7 Å². The topological polar surface area (TPSA) is 132 Å². The first kappa shape index (κ1) is 21.0. The number of urea groups is 1. The molecule has 0 atom stereocenters. The first-order chi connectivity index (χ1) is 13.4. The molecule has 28 heavy (non-hydrogen) atoms. The average molecular weight is 380 g/mol. The Labute approximate surface area is 165 Å². The van der Waals surface area contributed by atoms with Gasteiger partial charge in [0, 0.05) is 30.8 Å². The fraction of sp³-hybridized carbons (Fsp3) is 0.286. The molecule has 0 fully saturated rings. The van der Waals surface area contributed by atoms with Crippen LogP contribution in [-0.2, 0) is 13.1 Å². The van der Waals surface area contributed by atoms with Crippen LogP contribution in [0.1, 0.15) is 42.0 Å². The fourth-order valence-electron chi connectivity index (χ4n) is 2.80. The van der Waals surface area contributed by atoms with Crippen LogP contribution in [-0.4, -0.2) is 29.1 Å². The van der Waals surface area contributed by atoms with Crippen molar-refractivity contribution in [3.63, 3.8) is 0 Å². The lowest BCUT2D eigenvalue weighted by atomic mass is 10.1. The summed E-state index contributed by atoms with van der Waals surface area (Å²) in [5.41, 5.74) is 14.2. The van der Waals surface area contributed by atoms with Gasteiger partial charge >= 0.3 is 6.03 Å². The van der Waals surface area contributed by atoms with Crippen LogP contribution in [0.4, 0.5) is 4.79 Å². The molecule has 2 rings (SSSR count). The number of amidine groups is 2. The molecule has 7 nitrogen and oxygen atoms in total. The van der Waals surface area contributed by atoms with Gasteiger partial charge in [-0.3, -0.25) is 10.8 Å². The van der Waals surface area contributed by atoms with Crippen molar-refractivity contribution in [2.75, 3.05) is 6.54 Å². The van der Waals surface area contributed by atoms with Gasteiger partial charge in [-0.15, -0.1) is 0 Å². The summed E-state index contributed by atoms with van der Waals surface area (Å²) in [7, 11) is 0. The number of amides is 2. The molecule has 2 aromatic carbocycles. The van der Waals surface area contributed by atoms with Gasteiger partial charge in [-0.05, 0) is 29.7 Å².